The number of aryl methyl sites for hydroxylation is 1. The average Bonchev–Trinajstić information content (AvgIpc) is 2.41. The largest absolute Gasteiger partial charge is 0.481 e. The number of rotatable bonds is 8. The highest BCUT2D eigenvalue weighted by Crippen LogP contribution is 2.55. The molecule has 0 aromatic heterocycles. The van der Waals surface area contributed by atoms with Gasteiger partial charge in [0.1, 0.15) is 0 Å². The van der Waals surface area contributed by atoms with Crippen LogP contribution in [0, 0.1) is 0 Å². The van der Waals surface area contributed by atoms with Gasteiger partial charge in [0, 0.05) is 5.30 Å². The van der Waals surface area contributed by atoms with E-state index in [4.69, 9.17) is 5.11 Å². The highest BCUT2D eigenvalue weighted by atomic mass is 31.2. The van der Waals surface area contributed by atoms with Gasteiger partial charge in [0.05, 0.1) is 6.42 Å². The highest BCUT2D eigenvalue weighted by Gasteiger charge is 2.55. The summed E-state index contributed by atoms with van der Waals surface area (Å²) in [7, 11) is -8.40. The first-order valence-electron chi connectivity index (χ1n) is 6.33. The van der Waals surface area contributed by atoms with Crippen molar-refractivity contribution in [3.63, 3.8) is 0 Å². The molecule has 0 fully saturated rings. The SMILES string of the molecule is O=C(O)CC(CCc1ccccc1[PH](=O)O)(C(=O)O)P(=O)(O)O. The third kappa shape index (κ3) is 4.50. The minimum atomic E-state index is -5.31. The zero-order chi connectivity index (χ0) is 17.8. The first kappa shape index (κ1) is 19.5. The number of carboxylic acids is 2. The second-order valence-electron chi connectivity index (χ2n) is 4.91. The quantitative estimate of drug-likeness (QED) is 0.403. The molecular formula is C12H16O9P2. The van der Waals surface area contributed by atoms with Crippen LogP contribution in [0.5, 0.6) is 0 Å². The van der Waals surface area contributed by atoms with Crippen molar-refractivity contribution in [2.75, 3.05) is 0 Å². The van der Waals surface area contributed by atoms with E-state index in [0.29, 0.717) is 0 Å². The molecule has 0 bridgehead atoms. The van der Waals surface area contributed by atoms with Crippen LogP contribution in [-0.4, -0.2) is 42.0 Å². The first-order valence-corrected chi connectivity index (χ1v) is 9.30. The molecule has 0 heterocycles. The van der Waals surface area contributed by atoms with Crippen LogP contribution in [0.15, 0.2) is 24.3 Å². The summed E-state index contributed by atoms with van der Waals surface area (Å²) in [6.45, 7) is 0. The van der Waals surface area contributed by atoms with Crippen molar-refractivity contribution in [3.8, 4) is 0 Å². The Morgan fingerprint density at radius 3 is 2.17 bits per heavy atom. The minimum Gasteiger partial charge on any atom is -0.481 e. The summed E-state index contributed by atoms with van der Waals surface area (Å²) in [6.07, 6.45) is -2.22. The van der Waals surface area contributed by atoms with E-state index in [1.165, 1.54) is 24.3 Å². The number of hydrogen-bond donors (Lipinski definition) is 5. The van der Waals surface area contributed by atoms with Gasteiger partial charge in [0.25, 0.3) is 0 Å². The fourth-order valence-electron chi connectivity index (χ4n) is 2.18. The van der Waals surface area contributed by atoms with Gasteiger partial charge in [-0.05, 0) is 24.5 Å². The summed E-state index contributed by atoms with van der Waals surface area (Å²) in [5, 5.41) is 15.3. The molecular weight excluding hydrogens is 350 g/mol. The van der Waals surface area contributed by atoms with Crippen molar-refractivity contribution in [3.05, 3.63) is 29.8 Å². The lowest BCUT2D eigenvalue weighted by molar-refractivity contribution is -0.147. The van der Waals surface area contributed by atoms with Gasteiger partial charge in [-0.1, -0.05) is 18.2 Å². The third-order valence-electron chi connectivity index (χ3n) is 3.46. The van der Waals surface area contributed by atoms with Crippen LogP contribution in [0.4, 0.5) is 0 Å². The minimum absolute atomic E-state index is 0.0397. The Morgan fingerprint density at radius 1 is 1.17 bits per heavy atom. The normalized spacial score (nSPS) is 15.6. The van der Waals surface area contributed by atoms with E-state index in [2.05, 4.69) is 0 Å². The van der Waals surface area contributed by atoms with Crippen molar-refractivity contribution in [1.29, 1.82) is 0 Å². The molecule has 0 amide bonds. The third-order valence-corrected chi connectivity index (χ3v) is 6.09. The molecule has 2 atom stereocenters. The zero-order valence-electron chi connectivity index (χ0n) is 11.7. The van der Waals surface area contributed by atoms with Gasteiger partial charge in [0.2, 0.25) is 8.03 Å². The Morgan fingerprint density at radius 2 is 1.74 bits per heavy atom. The Bertz CT molecular complexity index is 681. The predicted octanol–water partition coefficient (Wildman–Crippen LogP) is 0.187. The van der Waals surface area contributed by atoms with E-state index in [9.17, 15) is 38.5 Å². The Balaban J connectivity index is 3.23. The van der Waals surface area contributed by atoms with E-state index in [-0.39, 0.29) is 17.3 Å². The highest BCUT2D eigenvalue weighted by molar-refractivity contribution is 7.54. The lowest BCUT2D eigenvalue weighted by atomic mass is 9.95. The predicted molar refractivity (Wildman–Crippen MR) is 80.3 cm³/mol. The summed E-state index contributed by atoms with van der Waals surface area (Å²) in [4.78, 5) is 50.2. The molecule has 1 aromatic carbocycles. The van der Waals surface area contributed by atoms with Crippen LogP contribution in [-0.2, 0) is 25.1 Å². The Kier molecular flexibility index (Phi) is 6.27. The van der Waals surface area contributed by atoms with Gasteiger partial charge in [-0.25, -0.2) is 0 Å². The number of carboxylic acid groups (broad SMARTS) is 2. The molecule has 0 aliphatic rings. The molecule has 0 saturated carbocycles. The van der Waals surface area contributed by atoms with Crippen molar-refractivity contribution < 1.29 is 43.6 Å². The van der Waals surface area contributed by atoms with Gasteiger partial charge in [0.15, 0.2) is 5.16 Å². The zero-order valence-corrected chi connectivity index (χ0v) is 13.6. The molecule has 1 aromatic rings. The molecule has 128 valence electrons. The van der Waals surface area contributed by atoms with Crippen LogP contribution in [0.2, 0.25) is 0 Å². The molecule has 0 spiro atoms. The second kappa shape index (κ2) is 7.38. The van der Waals surface area contributed by atoms with E-state index >= 15 is 0 Å². The fraction of sp³-hybridized carbons (Fsp3) is 0.333. The molecule has 5 N–H and O–H groups in total. The summed E-state index contributed by atoms with van der Waals surface area (Å²) >= 11 is 0. The van der Waals surface area contributed by atoms with Crippen molar-refractivity contribution in [2.45, 2.75) is 24.4 Å². The summed E-state index contributed by atoms with van der Waals surface area (Å²) in [5.41, 5.74) is 0.239. The monoisotopic (exact) mass is 366 g/mol. The molecule has 2 unspecified atom stereocenters. The van der Waals surface area contributed by atoms with Gasteiger partial charge in [-0.2, -0.15) is 0 Å². The van der Waals surface area contributed by atoms with Gasteiger partial charge in [-0.15, -0.1) is 0 Å². The van der Waals surface area contributed by atoms with Crippen molar-refractivity contribution in [2.24, 2.45) is 0 Å². The van der Waals surface area contributed by atoms with E-state index in [1.54, 1.807) is 0 Å². The van der Waals surface area contributed by atoms with E-state index < -0.39 is 45.6 Å². The van der Waals surface area contributed by atoms with Gasteiger partial charge < -0.3 is 24.9 Å². The summed E-state index contributed by atoms with van der Waals surface area (Å²) in [5.74, 6) is -3.60. The van der Waals surface area contributed by atoms with E-state index in [1.807, 2.05) is 0 Å². The van der Waals surface area contributed by atoms with Crippen LogP contribution >= 0.6 is 15.6 Å². The maximum Gasteiger partial charge on any atom is 0.343 e. The maximum absolute atomic E-state index is 11.6. The van der Waals surface area contributed by atoms with Crippen LogP contribution in [0.25, 0.3) is 0 Å². The smallest absolute Gasteiger partial charge is 0.343 e. The van der Waals surface area contributed by atoms with Gasteiger partial charge in [-0.3, -0.25) is 18.7 Å². The standard InChI is InChI=1S/C12H16O9P2/c13-10(14)7-12(11(15)16,23(19,20)21)6-5-8-3-1-2-4-9(8)22(17)18/h1-4,22H,5-7H2,(H,13,14)(H,15,16)(H,17,18)(H2,19,20,21). The molecule has 0 radical (unpaired) electrons. The number of carbonyl (C=O) groups is 2. The molecule has 23 heavy (non-hydrogen) atoms. The van der Waals surface area contributed by atoms with Crippen molar-refractivity contribution >= 4 is 32.9 Å². The maximum atomic E-state index is 11.6. The number of aliphatic carboxylic acids is 2. The topological polar surface area (TPSA) is 169 Å². The number of benzene rings is 1. The van der Waals surface area contributed by atoms with Gasteiger partial charge >= 0.3 is 19.5 Å². The molecule has 0 aliphatic heterocycles. The van der Waals surface area contributed by atoms with Crippen LogP contribution < -0.4 is 5.30 Å². The van der Waals surface area contributed by atoms with Crippen LogP contribution in [0.1, 0.15) is 18.4 Å². The summed E-state index contributed by atoms with van der Waals surface area (Å²) < 4.78 is 22.9. The molecule has 0 aliphatic carbocycles. The molecule has 0 saturated heterocycles. The molecule has 9 nitrogen and oxygen atoms in total. The lowest BCUT2D eigenvalue weighted by Crippen LogP contribution is -2.41. The Hall–Kier alpha value is -1.50. The molecule has 11 heteroatoms. The fourth-order valence-corrected chi connectivity index (χ4v) is 3.90. The lowest BCUT2D eigenvalue weighted by Gasteiger charge is -2.28. The van der Waals surface area contributed by atoms with Crippen molar-refractivity contribution in [1.82, 2.24) is 0 Å². The summed E-state index contributed by atoms with van der Waals surface area (Å²) in [6, 6.07) is 5.76. The Labute approximate surface area is 131 Å². The molecule has 1 rings (SSSR count). The van der Waals surface area contributed by atoms with Crippen LogP contribution in [0.3, 0.4) is 0 Å². The average molecular weight is 366 g/mol. The first-order chi connectivity index (χ1) is 10.5. The number of hydrogen-bond acceptors (Lipinski definition) is 4. The van der Waals surface area contributed by atoms with E-state index in [0.717, 1.165) is 0 Å². The second-order valence-corrected chi connectivity index (χ2v) is 8.01.